The number of hydrogen-bond acceptors (Lipinski definition) is 4. The van der Waals surface area contributed by atoms with Crippen molar-refractivity contribution in [2.45, 2.75) is 19.8 Å². The van der Waals surface area contributed by atoms with Crippen LogP contribution >= 0.6 is 0 Å². The van der Waals surface area contributed by atoms with Crippen LogP contribution < -0.4 is 0 Å². The molecule has 0 bridgehead atoms. The normalized spacial score (nSPS) is 11.3. The number of esters is 1. The van der Waals surface area contributed by atoms with Gasteiger partial charge in [0.25, 0.3) is 0 Å². The number of amides is 1. The zero-order valence-electron chi connectivity index (χ0n) is 9.32. The number of nitriles is 1. The molecule has 0 rings (SSSR count). The van der Waals surface area contributed by atoms with Crippen LogP contribution in [0.1, 0.15) is 19.8 Å². The van der Waals surface area contributed by atoms with Crippen LogP contribution in [0.4, 0.5) is 0 Å². The maximum atomic E-state index is 11.6. The predicted octanol–water partition coefficient (Wildman–Crippen LogP) is 0.558. The van der Waals surface area contributed by atoms with Gasteiger partial charge < -0.3 is 9.64 Å². The highest BCUT2D eigenvalue weighted by Gasteiger charge is 2.20. The van der Waals surface area contributed by atoms with E-state index in [1.54, 1.807) is 14.0 Å². The molecule has 0 saturated heterocycles. The smallest absolute Gasteiger partial charge is 0.307 e. The lowest BCUT2D eigenvalue weighted by Crippen LogP contribution is -2.33. The first-order valence-corrected chi connectivity index (χ1v) is 4.78. The highest BCUT2D eigenvalue weighted by molar-refractivity contribution is 5.81. The van der Waals surface area contributed by atoms with Crippen LogP contribution in [0.2, 0.25) is 0 Å². The van der Waals surface area contributed by atoms with Crippen molar-refractivity contribution in [1.82, 2.24) is 4.90 Å². The fourth-order valence-electron chi connectivity index (χ4n) is 1.06. The molecule has 0 aromatic carbocycles. The number of ether oxygens (including phenoxy) is 1. The topological polar surface area (TPSA) is 70.4 Å². The Morgan fingerprint density at radius 3 is 2.53 bits per heavy atom. The molecule has 0 fully saturated rings. The Morgan fingerprint density at radius 1 is 1.53 bits per heavy atom. The summed E-state index contributed by atoms with van der Waals surface area (Å²) in [5.74, 6) is -1.23. The second kappa shape index (κ2) is 6.82. The van der Waals surface area contributed by atoms with Gasteiger partial charge in [-0.15, -0.1) is 0 Å². The van der Waals surface area contributed by atoms with E-state index in [2.05, 4.69) is 4.74 Å². The molecule has 5 heteroatoms. The third-order valence-corrected chi connectivity index (χ3v) is 2.12. The molecule has 0 aromatic rings. The molecule has 1 amide bonds. The van der Waals surface area contributed by atoms with Crippen LogP contribution in [0.5, 0.6) is 0 Å². The molecule has 0 aliphatic rings. The highest BCUT2D eigenvalue weighted by Crippen LogP contribution is 2.05. The van der Waals surface area contributed by atoms with E-state index in [0.717, 1.165) is 0 Å². The van der Waals surface area contributed by atoms with Gasteiger partial charge in [-0.25, -0.2) is 0 Å². The SMILES string of the molecule is CCC(C#N)C(=O)N(C)CCC(=O)OC. The lowest BCUT2D eigenvalue weighted by molar-refractivity contribution is -0.141. The van der Waals surface area contributed by atoms with Gasteiger partial charge in [-0.3, -0.25) is 9.59 Å². The number of nitrogens with zero attached hydrogens (tertiary/aromatic N) is 2. The van der Waals surface area contributed by atoms with Crippen LogP contribution in [-0.2, 0) is 14.3 Å². The summed E-state index contributed by atoms with van der Waals surface area (Å²) in [6, 6.07) is 1.93. The molecule has 1 unspecified atom stereocenters. The van der Waals surface area contributed by atoms with E-state index in [9.17, 15) is 9.59 Å². The molecular weight excluding hydrogens is 196 g/mol. The van der Waals surface area contributed by atoms with Gasteiger partial charge in [0.15, 0.2) is 0 Å². The molecule has 84 valence electrons. The van der Waals surface area contributed by atoms with Crippen molar-refractivity contribution in [3.05, 3.63) is 0 Å². The Hall–Kier alpha value is -1.57. The maximum Gasteiger partial charge on any atom is 0.307 e. The first-order chi connectivity index (χ1) is 7.06. The molecule has 0 aromatic heterocycles. The lowest BCUT2D eigenvalue weighted by atomic mass is 10.1. The second-order valence-electron chi connectivity index (χ2n) is 3.18. The van der Waals surface area contributed by atoms with Crippen molar-refractivity contribution in [3.8, 4) is 6.07 Å². The highest BCUT2D eigenvalue weighted by atomic mass is 16.5. The van der Waals surface area contributed by atoms with Crippen molar-refractivity contribution in [3.63, 3.8) is 0 Å². The Balaban J connectivity index is 4.10. The van der Waals surface area contributed by atoms with Gasteiger partial charge in [0.1, 0.15) is 5.92 Å². The van der Waals surface area contributed by atoms with Gasteiger partial charge in [0.05, 0.1) is 19.6 Å². The summed E-state index contributed by atoms with van der Waals surface area (Å²) < 4.78 is 4.45. The molecule has 0 spiro atoms. The molecule has 0 N–H and O–H groups in total. The van der Waals surface area contributed by atoms with Gasteiger partial charge in [0, 0.05) is 13.6 Å². The van der Waals surface area contributed by atoms with Crippen molar-refractivity contribution < 1.29 is 14.3 Å². The Kier molecular flexibility index (Phi) is 6.11. The van der Waals surface area contributed by atoms with Crippen molar-refractivity contribution in [2.24, 2.45) is 5.92 Å². The summed E-state index contributed by atoms with van der Waals surface area (Å²) in [7, 11) is 2.87. The summed E-state index contributed by atoms with van der Waals surface area (Å²) in [6.45, 7) is 2.06. The molecular formula is C10H16N2O3. The zero-order chi connectivity index (χ0) is 11.8. The van der Waals surface area contributed by atoms with Crippen molar-refractivity contribution >= 4 is 11.9 Å². The van der Waals surface area contributed by atoms with E-state index < -0.39 is 5.92 Å². The first kappa shape index (κ1) is 13.4. The number of methoxy groups -OCH3 is 1. The molecule has 0 aliphatic heterocycles. The lowest BCUT2D eigenvalue weighted by Gasteiger charge is -2.18. The quantitative estimate of drug-likeness (QED) is 0.624. The van der Waals surface area contributed by atoms with E-state index in [4.69, 9.17) is 5.26 Å². The minimum Gasteiger partial charge on any atom is -0.469 e. The Labute approximate surface area is 89.6 Å². The van der Waals surface area contributed by atoms with Gasteiger partial charge in [-0.05, 0) is 6.42 Å². The number of carbonyl (C=O) groups excluding carboxylic acids is 2. The summed E-state index contributed by atoms with van der Waals surface area (Å²) in [5, 5.41) is 8.68. The molecule has 0 radical (unpaired) electrons. The largest absolute Gasteiger partial charge is 0.469 e. The number of hydrogen-bond donors (Lipinski definition) is 0. The van der Waals surface area contributed by atoms with Crippen LogP contribution in [0, 0.1) is 17.2 Å². The van der Waals surface area contributed by atoms with E-state index >= 15 is 0 Å². The van der Waals surface area contributed by atoms with E-state index in [0.29, 0.717) is 6.42 Å². The van der Waals surface area contributed by atoms with Crippen LogP contribution in [0.3, 0.4) is 0 Å². The first-order valence-electron chi connectivity index (χ1n) is 4.78. The van der Waals surface area contributed by atoms with Crippen LogP contribution in [-0.4, -0.2) is 37.5 Å². The van der Waals surface area contributed by atoms with Gasteiger partial charge in [-0.2, -0.15) is 5.26 Å². The minimum absolute atomic E-state index is 0.153. The molecule has 1 atom stereocenters. The van der Waals surface area contributed by atoms with E-state index in [-0.39, 0.29) is 24.8 Å². The standard InChI is InChI=1S/C10H16N2O3/c1-4-8(7-11)10(14)12(2)6-5-9(13)15-3/h8H,4-6H2,1-3H3. The summed E-state index contributed by atoms with van der Waals surface area (Å²) in [5.41, 5.74) is 0. The zero-order valence-corrected chi connectivity index (χ0v) is 9.32. The third kappa shape index (κ3) is 4.45. The number of rotatable bonds is 5. The fourth-order valence-corrected chi connectivity index (χ4v) is 1.06. The summed E-state index contributed by atoms with van der Waals surface area (Å²) in [6.07, 6.45) is 0.637. The van der Waals surface area contributed by atoms with E-state index in [1.807, 2.05) is 6.07 Å². The average Bonchev–Trinajstić information content (AvgIpc) is 2.26. The molecule has 0 saturated carbocycles. The van der Waals surface area contributed by atoms with Crippen molar-refractivity contribution in [1.29, 1.82) is 5.26 Å². The van der Waals surface area contributed by atoms with Gasteiger partial charge in [0.2, 0.25) is 5.91 Å². The summed E-state index contributed by atoms with van der Waals surface area (Å²) in [4.78, 5) is 23.8. The molecule has 0 aliphatic carbocycles. The van der Waals surface area contributed by atoms with Gasteiger partial charge in [-0.1, -0.05) is 6.92 Å². The van der Waals surface area contributed by atoms with Gasteiger partial charge >= 0.3 is 5.97 Å². The Bertz CT molecular complexity index is 270. The van der Waals surface area contributed by atoms with Crippen LogP contribution in [0.25, 0.3) is 0 Å². The molecule has 5 nitrogen and oxygen atoms in total. The Morgan fingerprint density at radius 2 is 2.13 bits per heavy atom. The minimum atomic E-state index is -0.618. The predicted molar refractivity (Wildman–Crippen MR) is 53.7 cm³/mol. The third-order valence-electron chi connectivity index (χ3n) is 2.12. The number of carbonyl (C=O) groups is 2. The molecule has 0 heterocycles. The molecule has 15 heavy (non-hydrogen) atoms. The fraction of sp³-hybridized carbons (Fsp3) is 0.700. The monoisotopic (exact) mass is 212 g/mol. The van der Waals surface area contributed by atoms with Crippen LogP contribution in [0.15, 0.2) is 0 Å². The van der Waals surface area contributed by atoms with E-state index in [1.165, 1.54) is 12.0 Å². The summed E-state index contributed by atoms with van der Waals surface area (Å²) >= 11 is 0. The average molecular weight is 212 g/mol. The second-order valence-corrected chi connectivity index (χ2v) is 3.18. The maximum absolute atomic E-state index is 11.6. The van der Waals surface area contributed by atoms with Crippen molar-refractivity contribution in [2.75, 3.05) is 20.7 Å².